The van der Waals surface area contributed by atoms with Crippen LogP contribution in [0.4, 0.5) is 0 Å². The van der Waals surface area contributed by atoms with Gasteiger partial charge in [0.2, 0.25) is 17.7 Å². The van der Waals surface area contributed by atoms with Crippen LogP contribution in [0.1, 0.15) is 16.0 Å². The van der Waals surface area contributed by atoms with E-state index < -0.39 is 35.8 Å². The van der Waals surface area contributed by atoms with Gasteiger partial charge < -0.3 is 21.7 Å². The minimum atomic E-state index is -0.938. The Hall–Kier alpha value is -4.27. The van der Waals surface area contributed by atoms with E-state index in [0.29, 0.717) is 6.42 Å². The van der Waals surface area contributed by atoms with Gasteiger partial charge in [-0.2, -0.15) is 0 Å². The van der Waals surface area contributed by atoms with Crippen LogP contribution in [0.25, 0.3) is 11.1 Å². The van der Waals surface area contributed by atoms with Gasteiger partial charge >= 0.3 is 0 Å². The first-order valence-corrected chi connectivity index (χ1v) is 14.0. The number of thiophene rings is 1. The first-order chi connectivity index (χ1) is 19.3. The summed E-state index contributed by atoms with van der Waals surface area (Å²) in [7, 11) is 1.55. The van der Waals surface area contributed by atoms with Gasteiger partial charge in [-0.05, 0) is 33.7 Å². The highest BCUT2D eigenvalue weighted by atomic mass is 32.1. The topological polar surface area (TPSA) is 119 Å². The van der Waals surface area contributed by atoms with Gasteiger partial charge in [-0.1, -0.05) is 91.0 Å². The monoisotopic (exact) mass is 554 g/mol. The summed E-state index contributed by atoms with van der Waals surface area (Å²) in [4.78, 5) is 41.7. The molecule has 0 aliphatic rings. The van der Waals surface area contributed by atoms with Gasteiger partial charge in [0.25, 0.3) is 0 Å². The number of carbonyl (C=O) groups is 3. The summed E-state index contributed by atoms with van der Waals surface area (Å²) in [6.45, 7) is 0. The molecule has 0 saturated heterocycles. The van der Waals surface area contributed by atoms with E-state index in [1.165, 1.54) is 16.2 Å². The lowest BCUT2D eigenvalue weighted by molar-refractivity contribution is -0.141. The van der Waals surface area contributed by atoms with Crippen LogP contribution < -0.4 is 16.8 Å². The molecule has 206 valence electrons. The predicted molar refractivity (Wildman–Crippen MR) is 159 cm³/mol. The lowest BCUT2D eigenvalue weighted by Gasteiger charge is -2.30. The summed E-state index contributed by atoms with van der Waals surface area (Å²) >= 11 is 1.52. The fourth-order valence-electron chi connectivity index (χ4n) is 4.58. The highest BCUT2D eigenvalue weighted by molar-refractivity contribution is 7.09. The Bertz CT molecular complexity index is 1390. The van der Waals surface area contributed by atoms with E-state index in [4.69, 9.17) is 11.5 Å². The van der Waals surface area contributed by atoms with Crippen molar-refractivity contribution in [1.82, 2.24) is 10.2 Å². The van der Waals surface area contributed by atoms with Gasteiger partial charge in [-0.15, -0.1) is 11.3 Å². The maximum absolute atomic E-state index is 13.8. The number of nitrogens with one attached hydrogen (secondary N) is 1. The average molecular weight is 555 g/mol. The third-order valence-corrected chi connectivity index (χ3v) is 7.77. The minimum absolute atomic E-state index is 0.229. The molecular weight excluding hydrogens is 520 g/mol. The number of amides is 3. The van der Waals surface area contributed by atoms with Crippen LogP contribution in [-0.4, -0.2) is 47.8 Å². The molecule has 1 aromatic heterocycles. The fraction of sp³-hybridized carbons (Fsp3) is 0.219. The highest BCUT2D eigenvalue weighted by Gasteiger charge is 2.32. The Kier molecular flexibility index (Phi) is 9.83. The quantitative estimate of drug-likeness (QED) is 0.248. The van der Waals surface area contributed by atoms with Gasteiger partial charge in [-0.3, -0.25) is 14.4 Å². The van der Waals surface area contributed by atoms with Crippen molar-refractivity contribution in [2.24, 2.45) is 11.5 Å². The Balaban J connectivity index is 1.54. The molecule has 0 saturated carbocycles. The number of hydrogen-bond donors (Lipinski definition) is 3. The molecule has 5 N–H and O–H groups in total. The maximum Gasteiger partial charge on any atom is 0.245 e. The van der Waals surface area contributed by atoms with Crippen LogP contribution in [0.3, 0.4) is 0 Å². The third-order valence-electron chi connectivity index (χ3n) is 6.87. The van der Waals surface area contributed by atoms with E-state index >= 15 is 0 Å². The zero-order valence-corrected chi connectivity index (χ0v) is 23.2. The van der Waals surface area contributed by atoms with Crippen molar-refractivity contribution >= 4 is 29.1 Å². The lowest BCUT2D eigenvalue weighted by Crippen LogP contribution is -2.57. The molecule has 0 bridgehead atoms. The predicted octanol–water partition coefficient (Wildman–Crippen LogP) is 3.57. The van der Waals surface area contributed by atoms with Crippen LogP contribution in [0.2, 0.25) is 0 Å². The van der Waals surface area contributed by atoms with E-state index in [-0.39, 0.29) is 12.8 Å². The van der Waals surface area contributed by atoms with Crippen molar-refractivity contribution in [3.63, 3.8) is 0 Å². The van der Waals surface area contributed by atoms with E-state index in [2.05, 4.69) is 5.32 Å². The Labute approximate surface area is 238 Å². The van der Waals surface area contributed by atoms with Crippen LogP contribution in [0.15, 0.2) is 102 Å². The van der Waals surface area contributed by atoms with Crippen molar-refractivity contribution in [2.75, 3.05) is 7.05 Å². The van der Waals surface area contributed by atoms with Crippen LogP contribution in [0, 0.1) is 0 Å². The molecule has 1 heterocycles. The van der Waals surface area contributed by atoms with E-state index in [1.54, 1.807) is 7.05 Å². The first kappa shape index (κ1) is 28.7. The summed E-state index contributed by atoms with van der Waals surface area (Å²) in [5.41, 5.74) is 15.8. The Morgan fingerprint density at radius 1 is 0.775 bits per heavy atom. The molecule has 3 atom stereocenters. The van der Waals surface area contributed by atoms with Crippen LogP contribution in [0.5, 0.6) is 0 Å². The van der Waals surface area contributed by atoms with Crippen molar-refractivity contribution < 1.29 is 14.4 Å². The third kappa shape index (κ3) is 7.65. The SMILES string of the molecule is CN(C(=O)[C@H](Cc1ccc(-c2ccccc2)cc1)NC(=O)[C@H](N)Cc1cccs1)C(Cc1ccccc1)C(N)=O. The lowest BCUT2D eigenvalue weighted by atomic mass is 9.98. The number of likely N-dealkylation sites (N-methyl/N-ethyl adjacent to an activating group) is 1. The summed E-state index contributed by atoms with van der Waals surface area (Å²) in [5, 5.41) is 4.79. The molecule has 3 amide bonds. The number of hydrogen-bond acceptors (Lipinski definition) is 5. The van der Waals surface area contributed by atoms with Gasteiger partial charge in [0.15, 0.2) is 0 Å². The summed E-state index contributed by atoms with van der Waals surface area (Å²) in [6.07, 6.45) is 0.860. The number of primary amides is 1. The molecule has 0 aliphatic heterocycles. The van der Waals surface area contributed by atoms with Crippen molar-refractivity contribution in [2.45, 2.75) is 37.4 Å². The number of benzene rings is 3. The standard InChI is InChI=1S/C32H34N4O3S/c1-36(29(30(34)37)20-22-9-4-2-5-10-22)32(39)28(35-31(38)27(33)21-26-13-8-18-40-26)19-23-14-16-25(17-15-23)24-11-6-3-7-12-24/h2-18,27-29H,19-21,33H2,1H3,(H2,34,37)(H,35,38)/t27-,28+,29?/m1/s1. The zero-order chi connectivity index (χ0) is 28.5. The van der Waals surface area contributed by atoms with Crippen molar-refractivity contribution in [3.05, 3.63) is 118 Å². The number of rotatable bonds is 12. The summed E-state index contributed by atoms with van der Waals surface area (Å²) in [6, 6.07) is 28.4. The molecule has 0 aliphatic carbocycles. The van der Waals surface area contributed by atoms with Crippen molar-refractivity contribution in [1.29, 1.82) is 0 Å². The smallest absolute Gasteiger partial charge is 0.245 e. The summed E-state index contributed by atoms with van der Waals surface area (Å²) < 4.78 is 0. The van der Waals surface area contributed by atoms with Crippen molar-refractivity contribution in [3.8, 4) is 11.1 Å². The normalized spacial score (nSPS) is 13.2. The van der Waals surface area contributed by atoms with Crippen LogP contribution >= 0.6 is 11.3 Å². The average Bonchev–Trinajstić information content (AvgIpc) is 3.49. The van der Waals surface area contributed by atoms with Gasteiger partial charge in [-0.25, -0.2) is 0 Å². The molecule has 3 aromatic carbocycles. The molecule has 0 fully saturated rings. The second-order valence-corrected chi connectivity index (χ2v) is 10.8. The van der Waals surface area contributed by atoms with Gasteiger partial charge in [0.1, 0.15) is 12.1 Å². The number of carbonyl (C=O) groups excluding carboxylic acids is 3. The summed E-state index contributed by atoms with van der Waals surface area (Å²) in [5.74, 6) is -1.46. The Morgan fingerprint density at radius 3 is 1.98 bits per heavy atom. The number of nitrogens with zero attached hydrogens (tertiary/aromatic N) is 1. The molecule has 4 rings (SSSR count). The molecule has 7 nitrogen and oxygen atoms in total. The van der Waals surface area contributed by atoms with E-state index in [0.717, 1.165) is 27.1 Å². The molecular formula is C32H34N4O3S. The maximum atomic E-state index is 13.8. The molecule has 8 heteroatoms. The fourth-order valence-corrected chi connectivity index (χ4v) is 5.35. The second-order valence-electron chi connectivity index (χ2n) is 9.78. The molecule has 1 unspecified atom stereocenters. The van der Waals surface area contributed by atoms with Crippen LogP contribution in [-0.2, 0) is 33.6 Å². The highest BCUT2D eigenvalue weighted by Crippen LogP contribution is 2.20. The van der Waals surface area contributed by atoms with Gasteiger partial charge in [0, 0.05) is 31.2 Å². The number of nitrogens with two attached hydrogens (primary N) is 2. The molecule has 4 aromatic rings. The molecule has 0 spiro atoms. The molecule has 40 heavy (non-hydrogen) atoms. The second kappa shape index (κ2) is 13.7. The Morgan fingerprint density at radius 2 is 1.38 bits per heavy atom. The largest absolute Gasteiger partial charge is 0.368 e. The minimum Gasteiger partial charge on any atom is -0.368 e. The van der Waals surface area contributed by atoms with Gasteiger partial charge in [0.05, 0.1) is 6.04 Å². The van der Waals surface area contributed by atoms with E-state index in [1.807, 2.05) is 102 Å². The van der Waals surface area contributed by atoms with E-state index in [9.17, 15) is 14.4 Å². The first-order valence-electron chi connectivity index (χ1n) is 13.1. The zero-order valence-electron chi connectivity index (χ0n) is 22.4. The molecule has 0 radical (unpaired) electrons.